The monoisotopic (exact) mass is 228 g/mol. The molecule has 0 radical (unpaired) electrons. The normalized spacial score (nSPS) is 12.0. The predicted octanol–water partition coefficient (Wildman–Crippen LogP) is 6.45. The molecule has 0 aromatic carbocycles. The van der Waals surface area contributed by atoms with Gasteiger partial charge in [0.25, 0.3) is 0 Å². The van der Waals surface area contributed by atoms with Crippen LogP contribution in [0.2, 0.25) is 0 Å². The van der Waals surface area contributed by atoms with Crippen LogP contribution in [0.5, 0.6) is 0 Å². The first kappa shape index (κ1) is 18.4. The van der Waals surface area contributed by atoms with Gasteiger partial charge in [0.15, 0.2) is 0 Å². The molecule has 0 unspecified atom stereocenters. The van der Waals surface area contributed by atoms with E-state index in [2.05, 4.69) is 55.4 Å². The molecule has 0 heteroatoms. The molecule has 0 bridgehead atoms. The minimum atomic E-state index is 0.583. The fourth-order valence-electron chi connectivity index (χ4n) is 1.73. The topological polar surface area (TPSA) is 0 Å². The molecule has 0 aliphatic rings. The average molecular weight is 228 g/mol. The Morgan fingerprint density at radius 2 is 0.875 bits per heavy atom. The lowest BCUT2D eigenvalue weighted by Crippen LogP contribution is -2.09. The van der Waals surface area contributed by atoms with Gasteiger partial charge in [-0.25, -0.2) is 0 Å². The Labute approximate surface area is 105 Å². The molecule has 16 heavy (non-hydrogen) atoms. The SMILES string of the molecule is CCC(C)(C)CC.CCCC(C)(C)CCC. The van der Waals surface area contributed by atoms with E-state index in [4.69, 9.17) is 0 Å². The molecule has 0 amide bonds. The Hall–Kier alpha value is 0. The standard InChI is InChI=1S/C9H20.C7H16/c1-5-7-9(3,4)8-6-2;1-5-7(3,4)6-2/h5-8H2,1-4H3;5-6H2,1-4H3. The van der Waals surface area contributed by atoms with Crippen LogP contribution < -0.4 is 0 Å². The zero-order chi connectivity index (χ0) is 13.2. The quantitative estimate of drug-likeness (QED) is 0.490. The van der Waals surface area contributed by atoms with E-state index in [9.17, 15) is 0 Å². The molecule has 0 saturated heterocycles. The highest BCUT2D eigenvalue weighted by atomic mass is 14.2. The summed E-state index contributed by atoms with van der Waals surface area (Å²) in [6, 6.07) is 0. The summed E-state index contributed by atoms with van der Waals surface area (Å²) in [4.78, 5) is 0. The fraction of sp³-hybridized carbons (Fsp3) is 1.00. The molecule has 0 nitrogen and oxygen atoms in total. The molecule has 0 heterocycles. The summed E-state index contributed by atoms with van der Waals surface area (Å²) in [5, 5.41) is 0. The maximum atomic E-state index is 2.36. The van der Waals surface area contributed by atoms with Gasteiger partial charge >= 0.3 is 0 Å². The summed E-state index contributed by atoms with van der Waals surface area (Å²) in [5.74, 6) is 0. The van der Waals surface area contributed by atoms with Crippen LogP contribution >= 0.6 is 0 Å². The van der Waals surface area contributed by atoms with Crippen molar-refractivity contribution in [2.24, 2.45) is 10.8 Å². The maximum Gasteiger partial charge on any atom is -0.0354 e. The molecule has 0 aromatic heterocycles. The number of hydrogen-bond donors (Lipinski definition) is 0. The summed E-state index contributed by atoms with van der Waals surface area (Å²) in [5.41, 5.74) is 1.18. The highest BCUT2D eigenvalue weighted by molar-refractivity contribution is 4.66. The van der Waals surface area contributed by atoms with E-state index in [1.807, 2.05) is 0 Å². The van der Waals surface area contributed by atoms with Gasteiger partial charge in [-0.15, -0.1) is 0 Å². The maximum absolute atomic E-state index is 2.36. The minimum absolute atomic E-state index is 0.583. The number of hydrogen-bond acceptors (Lipinski definition) is 0. The first-order valence-electron chi connectivity index (χ1n) is 7.24. The minimum Gasteiger partial charge on any atom is -0.0654 e. The van der Waals surface area contributed by atoms with Crippen LogP contribution in [0.4, 0.5) is 0 Å². The van der Waals surface area contributed by atoms with Crippen molar-refractivity contribution in [1.29, 1.82) is 0 Å². The van der Waals surface area contributed by atoms with Gasteiger partial charge in [-0.1, -0.05) is 81.1 Å². The summed E-state index contributed by atoms with van der Waals surface area (Å²) >= 11 is 0. The lowest BCUT2D eigenvalue weighted by molar-refractivity contribution is 0.301. The largest absolute Gasteiger partial charge is 0.0654 e. The van der Waals surface area contributed by atoms with E-state index in [0.717, 1.165) is 0 Å². The first-order valence-corrected chi connectivity index (χ1v) is 7.24. The molecule has 0 aromatic rings. The van der Waals surface area contributed by atoms with Gasteiger partial charge in [0.05, 0.1) is 0 Å². The number of rotatable bonds is 6. The second kappa shape index (κ2) is 9.07. The molecule has 0 aliphatic carbocycles. The Kier molecular flexibility index (Phi) is 10.4. The van der Waals surface area contributed by atoms with Crippen molar-refractivity contribution in [2.45, 2.75) is 93.9 Å². The van der Waals surface area contributed by atoms with Gasteiger partial charge in [0, 0.05) is 0 Å². The van der Waals surface area contributed by atoms with Gasteiger partial charge in [-0.05, 0) is 23.7 Å². The van der Waals surface area contributed by atoms with Crippen LogP contribution in [-0.2, 0) is 0 Å². The lowest BCUT2D eigenvalue weighted by atomic mass is 9.84. The Balaban J connectivity index is 0. The van der Waals surface area contributed by atoms with Crippen molar-refractivity contribution in [2.75, 3.05) is 0 Å². The molecule has 0 rings (SSSR count). The summed E-state index contributed by atoms with van der Waals surface area (Å²) in [6.07, 6.45) is 7.99. The van der Waals surface area contributed by atoms with Crippen LogP contribution in [0.15, 0.2) is 0 Å². The van der Waals surface area contributed by atoms with E-state index < -0.39 is 0 Å². The fourth-order valence-corrected chi connectivity index (χ4v) is 1.73. The van der Waals surface area contributed by atoms with Crippen molar-refractivity contribution in [3.63, 3.8) is 0 Å². The lowest BCUT2D eigenvalue weighted by Gasteiger charge is -2.22. The van der Waals surface area contributed by atoms with Crippen molar-refractivity contribution in [3.05, 3.63) is 0 Å². The zero-order valence-electron chi connectivity index (χ0n) is 13.2. The van der Waals surface area contributed by atoms with Gasteiger partial charge in [0.1, 0.15) is 0 Å². The van der Waals surface area contributed by atoms with E-state index in [1.54, 1.807) is 0 Å². The van der Waals surface area contributed by atoms with E-state index >= 15 is 0 Å². The average Bonchev–Trinajstić information content (AvgIpc) is 2.18. The second-order valence-electron chi connectivity index (χ2n) is 6.54. The van der Waals surface area contributed by atoms with Crippen molar-refractivity contribution in [3.8, 4) is 0 Å². The van der Waals surface area contributed by atoms with Gasteiger partial charge in [0.2, 0.25) is 0 Å². The van der Waals surface area contributed by atoms with Crippen LogP contribution in [0, 0.1) is 10.8 Å². The molecular weight excluding hydrogens is 192 g/mol. The first-order chi connectivity index (χ1) is 7.24. The molecule has 0 aliphatic heterocycles. The molecule has 0 saturated carbocycles. The third-order valence-corrected chi connectivity index (χ3v) is 3.77. The van der Waals surface area contributed by atoms with Crippen LogP contribution in [-0.4, -0.2) is 0 Å². The third kappa shape index (κ3) is 12.1. The third-order valence-electron chi connectivity index (χ3n) is 3.77. The van der Waals surface area contributed by atoms with Crippen LogP contribution in [0.25, 0.3) is 0 Å². The van der Waals surface area contributed by atoms with Gasteiger partial charge < -0.3 is 0 Å². The molecule has 0 atom stereocenters. The second-order valence-corrected chi connectivity index (χ2v) is 6.54. The predicted molar refractivity (Wildman–Crippen MR) is 78.0 cm³/mol. The van der Waals surface area contributed by atoms with E-state index in [1.165, 1.54) is 38.5 Å². The smallest absolute Gasteiger partial charge is 0.0354 e. The Bertz CT molecular complexity index is 128. The highest BCUT2D eigenvalue weighted by Crippen LogP contribution is 2.27. The molecule has 100 valence electrons. The zero-order valence-corrected chi connectivity index (χ0v) is 13.2. The Morgan fingerprint density at radius 3 is 1.00 bits per heavy atom. The summed E-state index contributed by atoms with van der Waals surface area (Å²) in [7, 11) is 0. The van der Waals surface area contributed by atoms with Gasteiger partial charge in [-0.2, -0.15) is 0 Å². The van der Waals surface area contributed by atoms with E-state index in [-0.39, 0.29) is 0 Å². The summed E-state index contributed by atoms with van der Waals surface area (Å²) < 4.78 is 0. The highest BCUT2D eigenvalue weighted by Gasteiger charge is 2.13. The summed E-state index contributed by atoms with van der Waals surface area (Å²) in [6.45, 7) is 18.3. The van der Waals surface area contributed by atoms with Crippen molar-refractivity contribution < 1.29 is 0 Å². The van der Waals surface area contributed by atoms with Crippen LogP contribution in [0.1, 0.15) is 93.9 Å². The molecular formula is C16H36. The molecule has 0 N–H and O–H groups in total. The van der Waals surface area contributed by atoms with Crippen LogP contribution in [0.3, 0.4) is 0 Å². The molecule has 0 spiro atoms. The molecule has 0 fully saturated rings. The van der Waals surface area contributed by atoms with Crippen molar-refractivity contribution in [1.82, 2.24) is 0 Å². The van der Waals surface area contributed by atoms with Gasteiger partial charge in [-0.3, -0.25) is 0 Å². The van der Waals surface area contributed by atoms with Crippen molar-refractivity contribution >= 4 is 0 Å². The Morgan fingerprint density at radius 1 is 0.562 bits per heavy atom. The van der Waals surface area contributed by atoms with E-state index in [0.29, 0.717) is 10.8 Å².